The summed E-state index contributed by atoms with van der Waals surface area (Å²) in [5.74, 6) is 0. The van der Waals surface area contributed by atoms with Crippen LogP contribution in [0.1, 0.15) is 36.1 Å². The molecule has 0 fully saturated rings. The van der Waals surface area contributed by atoms with Gasteiger partial charge in [-0.2, -0.15) is 0 Å². The Morgan fingerprint density at radius 3 is 2.20 bits per heavy atom. The number of allylic oxidation sites excluding steroid dienone is 1. The molecule has 7 aromatic rings. The van der Waals surface area contributed by atoms with Crippen LogP contribution >= 0.6 is 0 Å². The summed E-state index contributed by atoms with van der Waals surface area (Å²) in [7, 11) is 0. The zero-order valence-electron chi connectivity index (χ0n) is 23.3. The van der Waals surface area contributed by atoms with Gasteiger partial charge < -0.3 is 4.42 Å². The molecule has 196 valence electrons. The van der Waals surface area contributed by atoms with E-state index in [1.54, 1.807) is 0 Å². The van der Waals surface area contributed by atoms with Gasteiger partial charge in [-0.25, -0.2) is 0 Å². The summed E-state index contributed by atoms with van der Waals surface area (Å²) in [6.07, 6.45) is 5.50. The van der Waals surface area contributed by atoms with Gasteiger partial charge in [0.05, 0.1) is 0 Å². The summed E-state index contributed by atoms with van der Waals surface area (Å²) in [6.45, 7) is 4.71. The molecule has 0 spiro atoms. The van der Waals surface area contributed by atoms with Gasteiger partial charge in [0.2, 0.25) is 0 Å². The highest BCUT2D eigenvalue weighted by Crippen LogP contribution is 2.51. The Morgan fingerprint density at radius 1 is 0.610 bits per heavy atom. The lowest BCUT2D eigenvalue weighted by molar-refractivity contribution is 0.661. The van der Waals surface area contributed by atoms with Crippen molar-refractivity contribution in [2.24, 2.45) is 0 Å². The van der Waals surface area contributed by atoms with E-state index < -0.39 is 0 Å². The number of para-hydroxylation sites is 1. The first-order chi connectivity index (χ1) is 20.1. The molecule has 0 aliphatic heterocycles. The first kappa shape index (κ1) is 24.0. The first-order valence-corrected chi connectivity index (χ1v) is 14.4. The average Bonchev–Trinajstić information content (AvgIpc) is 3.48. The number of hydrogen-bond donors (Lipinski definition) is 0. The molecule has 1 heteroatoms. The fraction of sp³-hybridized carbons (Fsp3) is 0.100. The molecular weight excluding hydrogens is 496 g/mol. The molecular formula is C40H30O. The van der Waals surface area contributed by atoms with Crippen molar-refractivity contribution in [3.63, 3.8) is 0 Å². The SMILES string of the molecule is CC1(C)c2cc3ccccc3cc2-c2c(/C=C/Cc3ccc(-c4ccc5c(c4)oc4ccccc45)cc3)cccc21. The van der Waals surface area contributed by atoms with E-state index in [9.17, 15) is 0 Å². The van der Waals surface area contributed by atoms with E-state index in [0.717, 1.165) is 23.0 Å². The van der Waals surface area contributed by atoms with E-state index in [1.807, 2.05) is 12.1 Å². The molecule has 41 heavy (non-hydrogen) atoms. The maximum atomic E-state index is 6.11. The molecule has 6 aromatic carbocycles. The third-order valence-corrected chi connectivity index (χ3v) is 8.92. The highest BCUT2D eigenvalue weighted by molar-refractivity contribution is 6.05. The van der Waals surface area contributed by atoms with Crippen LogP contribution in [0.5, 0.6) is 0 Å². The Labute approximate surface area is 240 Å². The normalized spacial score (nSPS) is 13.8. The summed E-state index contributed by atoms with van der Waals surface area (Å²) >= 11 is 0. The summed E-state index contributed by atoms with van der Waals surface area (Å²) in [5.41, 5.74) is 12.4. The van der Waals surface area contributed by atoms with E-state index in [1.165, 1.54) is 60.7 Å². The number of hydrogen-bond acceptors (Lipinski definition) is 1. The molecule has 1 heterocycles. The van der Waals surface area contributed by atoms with Crippen molar-refractivity contribution in [3.05, 3.63) is 150 Å². The summed E-state index contributed by atoms with van der Waals surface area (Å²) in [5, 5.41) is 4.94. The van der Waals surface area contributed by atoms with Gasteiger partial charge in [0, 0.05) is 16.2 Å². The van der Waals surface area contributed by atoms with Gasteiger partial charge in [0.15, 0.2) is 0 Å². The van der Waals surface area contributed by atoms with E-state index in [2.05, 4.69) is 135 Å². The van der Waals surface area contributed by atoms with E-state index >= 15 is 0 Å². The van der Waals surface area contributed by atoms with E-state index in [0.29, 0.717) is 0 Å². The van der Waals surface area contributed by atoms with Crippen LogP contribution in [-0.4, -0.2) is 0 Å². The van der Waals surface area contributed by atoms with Crippen LogP contribution < -0.4 is 0 Å². The molecule has 0 atom stereocenters. The Balaban J connectivity index is 1.07. The molecule has 1 nitrogen and oxygen atoms in total. The van der Waals surface area contributed by atoms with Crippen LogP contribution in [0.15, 0.2) is 132 Å². The van der Waals surface area contributed by atoms with Gasteiger partial charge in [0.1, 0.15) is 11.2 Å². The zero-order valence-corrected chi connectivity index (χ0v) is 23.3. The largest absolute Gasteiger partial charge is 0.456 e. The molecule has 0 amide bonds. The number of furan rings is 1. The van der Waals surface area contributed by atoms with Gasteiger partial charge in [-0.1, -0.05) is 117 Å². The minimum atomic E-state index is -0.0141. The zero-order chi connectivity index (χ0) is 27.6. The molecule has 0 saturated carbocycles. The Bertz CT molecular complexity index is 2140. The Kier molecular flexibility index (Phi) is 5.30. The minimum absolute atomic E-state index is 0.0141. The van der Waals surface area contributed by atoms with Crippen LogP contribution in [0.2, 0.25) is 0 Å². The third-order valence-electron chi connectivity index (χ3n) is 8.92. The molecule has 0 saturated heterocycles. The van der Waals surface area contributed by atoms with Gasteiger partial charge in [0.25, 0.3) is 0 Å². The van der Waals surface area contributed by atoms with E-state index in [-0.39, 0.29) is 5.41 Å². The van der Waals surface area contributed by atoms with Crippen molar-refractivity contribution in [3.8, 4) is 22.3 Å². The van der Waals surface area contributed by atoms with Crippen LogP contribution in [-0.2, 0) is 11.8 Å². The van der Waals surface area contributed by atoms with Crippen molar-refractivity contribution in [2.75, 3.05) is 0 Å². The van der Waals surface area contributed by atoms with Crippen molar-refractivity contribution < 1.29 is 4.42 Å². The predicted molar refractivity (Wildman–Crippen MR) is 173 cm³/mol. The Morgan fingerprint density at radius 2 is 1.34 bits per heavy atom. The number of fused-ring (bicyclic) bond motifs is 7. The highest BCUT2D eigenvalue weighted by Gasteiger charge is 2.36. The van der Waals surface area contributed by atoms with Crippen LogP contribution in [0.25, 0.3) is 61.0 Å². The second-order valence-corrected chi connectivity index (χ2v) is 11.8. The molecule has 8 rings (SSSR count). The molecule has 1 aromatic heterocycles. The summed E-state index contributed by atoms with van der Waals surface area (Å²) in [4.78, 5) is 0. The molecule has 0 N–H and O–H groups in total. The first-order valence-electron chi connectivity index (χ1n) is 14.4. The molecule has 0 unspecified atom stereocenters. The standard InChI is InChI=1S/C40H30O/c1-40(2)35-15-8-13-28(39(35)34-23-29-10-3-4-11-30(29)24-36(34)40)12-7-9-26-17-19-27(20-18-26)31-21-22-33-32-14-5-6-16-37(32)41-38(33)25-31/h3-8,10-25H,9H2,1-2H3/b12-7+. The lowest BCUT2D eigenvalue weighted by Crippen LogP contribution is -2.14. The van der Waals surface area contributed by atoms with Gasteiger partial charge in [-0.3, -0.25) is 0 Å². The maximum absolute atomic E-state index is 6.11. The maximum Gasteiger partial charge on any atom is 0.136 e. The summed E-state index contributed by atoms with van der Waals surface area (Å²) in [6, 6.07) is 43.9. The van der Waals surface area contributed by atoms with Crippen LogP contribution in [0.3, 0.4) is 0 Å². The second kappa shape index (κ2) is 9.08. The fourth-order valence-corrected chi connectivity index (χ4v) is 6.70. The molecule has 1 aliphatic rings. The van der Waals surface area contributed by atoms with Gasteiger partial charge in [-0.15, -0.1) is 0 Å². The topological polar surface area (TPSA) is 13.1 Å². The quantitative estimate of drug-likeness (QED) is 0.222. The monoisotopic (exact) mass is 526 g/mol. The fourth-order valence-electron chi connectivity index (χ4n) is 6.70. The number of benzene rings is 6. The van der Waals surface area contributed by atoms with Crippen LogP contribution in [0, 0.1) is 0 Å². The highest BCUT2D eigenvalue weighted by atomic mass is 16.3. The van der Waals surface area contributed by atoms with Crippen molar-refractivity contribution >= 4 is 38.8 Å². The average molecular weight is 527 g/mol. The summed E-state index contributed by atoms with van der Waals surface area (Å²) < 4.78 is 6.11. The predicted octanol–water partition coefficient (Wildman–Crippen LogP) is 11.0. The third kappa shape index (κ3) is 3.84. The second-order valence-electron chi connectivity index (χ2n) is 11.8. The lowest BCUT2D eigenvalue weighted by Gasteiger charge is -2.21. The molecule has 0 radical (unpaired) electrons. The molecule has 0 bridgehead atoms. The van der Waals surface area contributed by atoms with Crippen molar-refractivity contribution in [2.45, 2.75) is 25.7 Å². The van der Waals surface area contributed by atoms with Gasteiger partial charge >= 0.3 is 0 Å². The lowest BCUT2D eigenvalue weighted by atomic mass is 9.81. The Hall–Kier alpha value is -4.88. The molecule has 1 aliphatic carbocycles. The number of rotatable bonds is 4. The van der Waals surface area contributed by atoms with E-state index in [4.69, 9.17) is 4.42 Å². The van der Waals surface area contributed by atoms with Crippen molar-refractivity contribution in [1.29, 1.82) is 0 Å². The van der Waals surface area contributed by atoms with Gasteiger partial charge in [-0.05, 0) is 92.0 Å². The minimum Gasteiger partial charge on any atom is -0.456 e. The van der Waals surface area contributed by atoms with Crippen molar-refractivity contribution in [1.82, 2.24) is 0 Å². The smallest absolute Gasteiger partial charge is 0.136 e. The van der Waals surface area contributed by atoms with Crippen LogP contribution in [0.4, 0.5) is 0 Å².